The molecular weight excluding hydrogens is 440 g/mol. The molecule has 0 radical (unpaired) electrons. The number of carbonyl (C=O) groups excluding carboxylic acids is 3. The lowest BCUT2D eigenvalue weighted by Crippen LogP contribution is -2.48. The van der Waals surface area contributed by atoms with Crippen LogP contribution in [-0.2, 0) is 19.1 Å². The van der Waals surface area contributed by atoms with Gasteiger partial charge in [-0.3, -0.25) is 9.78 Å². The average molecular weight is 462 g/mol. The molecule has 3 rings (SSSR count). The average Bonchev–Trinajstić information content (AvgIpc) is 2.82. The summed E-state index contributed by atoms with van der Waals surface area (Å²) in [6, 6.07) is 15.5. The number of nitrogens with zero attached hydrogens (tertiary/aromatic N) is 1. The number of amides is 1. The van der Waals surface area contributed by atoms with Crippen LogP contribution in [0.15, 0.2) is 73.1 Å². The normalized spacial score (nSPS) is 12.2. The van der Waals surface area contributed by atoms with Gasteiger partial charge in [0.2, 0.25) is 12.2 Å². The van der Waals surface area contributed by atoms with E-state index in [1.165, 1.54) is 42.7 Å². The van der Waals surface area contributed by atoms with Gasteiger partial charge in [-0.15, -0.1) is 0 Å². The molecule has 0 aliphatic rings. The van der Waals surface area contributed by atoms with E-state index >= 15 is 0 Å². The number of esters is 2. The lowest BCUT2D eigenvalue weighted by Gasteiger charge is -2.23. The minimum Gasteiger partial charge on any atom is -0.478 e. The monoisotopic (exact) mass is 462 g/mol. The van der Waals surface area contributed by atoms with Crippen LogP contribution in [0.5, 0.6) is 0 Å². The molecule has 2 unspecified atom stereocenters. The van der Waals surface area contributed by atoms with Crippen LogP contribution in [0, 0.1) is 13.8 Å². The van der Waals surface area contributed by atoms with Crippen molar-refractivity contribution in [3.05, 3.63) is 95.3 Å². The molecule has 0 fully saturated rings. The van der Waals surface area contributed by atoms with E-state index in [0.29, 0.717) is 0 Å². The minimum atomic E-state index is -2.11. The molecule has 2 atom stereocenters. The number of carboxylic acids is 1. The van der Waals surface area contributed by atoms with E-state index < -0.39 is 36.0 Å². The SMILES string of the molecule is Cc1ccc(C(=O)OC(C(=O)O)C(OC(=O)c2ccc(C)cc2)C(=O)Nc2cccnc2)cc1. The van der Waals surface area contributed by atoms with Crippen molar-refractivity contribution in [1.82, 2.24) is 4.98 Å². The highest BCUT2D eigenvalue weighted by molar-refractivity contribution is 6.01. The number of pyridine rings is 1. The van der Waals surface area contributed by atoms with Crippen LogP contribution in [-0.4, -0.2) is 46.1 Å². The van der Waals surface area contributed by atoms with E-state index in [1.54, 1.807) is 30.3 Å². The third-order valence-electron chi connectivity index (χ3n) is 4.75. The molecule has 34 heavy (non-hydrogen) atoms. The molecule has 0 saturated heterocycles. The zero-order valence-electron chi connectivity index (χ0n) is 18.4. The largest absolute Gasteiger partial charge is 0.478 e. The summed E-state index contributed by atoms with van der Waals surface area (Å²) in [5.74, 6) is -4.61. The van der Waals surface area contributed by atoms with Crippen LogP contribution < -0.4 is 5.32 Å². The third-order valence-corrected chi connectivity index (χ3v) is 4.75. The standard InChI is InChI=1S/C25H22N2O7/c1-15-5-9-17(10-6-15)24(31)33-20(22(28)27-19-4-3-13-26-14-19)21(23(29)30)34-25(32)18-11-7-16(2)8-12-18/h3-14,20-21H,1-2H3,(H,27,28)(H,29,30). The van der Waals surface area contributed by atoms with Gasteiger partial charge in [-0.05, 0) is 50.2 Å². The number of carbonyl (C=O) groups is 4. The van der Waals surface area contributed by atoms with Gasteiger partial charge in [-0.25, -0.2) is 14.4 Å². The fourth-order valence-electron chi connectivity index (χ4n) is 2.89. The molecule has 0 aliphatic carbocycles. The lowest BCUT2D eigenvalue weighted by molar-refractivity contribution is -0.157. The van der Waals surface area contributed by atoms with Crippen LogP contribution in [0.4, 0.5) is 5.69 Å². The fraction of sp³-hybridized carbons (Fsp3) is 0.160. The third kappa shape index (κ3) is 6.26. The highest BCUT2D eigenvalue weighted by Crippen LogP contribution is 2.16. The maximum Gasteiger partial charge on any atom is 0.349 e. The number of ether oxygens (including phenoxy) is 2. The van der Waals surface area contributed by atoms with Gasteiger partial charge in [0.25, 0.3) is 5.91 Å². The summed E-state index contributed by atoms with van der Waals surface area (Å²) in [6.45, 7) is 3.64. The van der Waals surface area contributed by atoms with Crippen molar-refractivity contribution in [2.24, 2.45) is 0 Å². The van der Waals surface area contributed by atoms with Gasteiger partial charge in [-0.2, -0.15) is 0 Å². The number of hydrogen-bond donors (Lipinski definition) is 2. The Kier molecular flexibility index (Phi) is 7.71. The van der Waals surface area contributed by atoms with Crippen molar-refractivity contribution in [1.29, 1.82) is 0 Å². The van der Waals surface area contributed by atoms with E-state index in [4.69, 9.17) is 9.47 Å². The number of rotatable bonds is 8. The van der Waals surface area contributed by atoms with Gasteiger partial charge in [-0.1, -0.05) is 35.4 Å². The Labute approximate surface area is 195 Å². The number of nitrogens with one attached hydrogen (secondary N) is 1. The molecule has 9 nitrogen and oxygen atoms in total. The summed E-state index contributed by atoms with van der Waals surface area (Å²) in [5.41, 5.74) is 2.18. The Balaban J connectivity index is 1.89. The van der Waals surface area contributed by atoms with Crippen LogP contribution in [0.2, 0.25) is 0 Å². The highest BCUT2D eigenvalue weighted by atomic mass is 16.6. The van der Waals surface area contributed by atoms with Crippen LogP contribution in [0.1, 0.15) is 31.8 Å². The Hall–Kier alpha value is -4.53. The summed E-state index contributed by atoms with van der Waals surface area (Å²) < 4.78 is 10.4. The number of aliphatic carboxylic acids is 1. The molecule has 0 aliphatic heterocycles. The Morgan fingerprint density at radius 3 is 1.74 bits per heavy atom. The van der Waals surface area contributed by atoms with E-state index in [-0.39, 0.29) is 16.8 Å². The molecule has 174 valence electrons. The molecule has 9 heteroatoms. The first-order chi connectivity index (χ1) is 16.2. The van der Waals surface area contributed by atoms with E-state index in [1.807, 2.05) is 13.8 Å². The summed E-state index contributed by atoms with van der Waals surface area (Å²) >= 11 is 0. The number of aromatic nitrogens is 1. The van der Waals surface area contributed by atoms with Crippen molar-refractivity contribution in [3.63, 3.8) is 0 Å². The molecule has 0 spiro atoms. The summed E-state index contributed by atoms with van der Waals surface area (Å²) in [7, 11) is 0. The molecule has 2 aromatic carbocycles. The fourth-order valence-corrected chi connectivity index (χ4v) is 2.89. The second-order valence-electron chi connectivity index (χ2n) is 7.45. The summed E-state index contributed by atoms with van der Waals surface area (Å²) in [4.78, 5) is 54.1. The first kappa shape index (κ1) is 24.1. The summed E-state index contributed by atoms with van der Waals surface area (Å²) in [5, 5.41) is 12.2. The second kappa shape index (κ2) is 10.9. The van der Waals surface area contributed by atoms with Crippen molar-refractivity contribution in [2.45, 2.75) is 26.1 Å². The van der Waals surface area contributed by atoms with Gasteiger partial charge >= 0.3 is 17.9 Å². The predicted molar refractivity (Wildman–Crippen MR) is 121 cm³/mol. The Morgan fingerprint density at radius 1 is 0.794 bits per heavy atom. The topological polar surface area (TPSA) is 132 Å². The first-order valence-corrected chi connectivity index (χ1v) is 10.2. The van der Waals surface area contributed by atoms with E-state index in [9.17, 15) is 24.3 Å². The minimum absolute atomic E-state index is 0.0770. The van der Waals surface area contributed by atoms with Crippen molar-refractivity contribution in [3.8, 4) is 0 Å². The summed E-state index contributed by atoms with van der Waals surface area (Å²) in [6.07, 6.45) is -1.29. The second-order valence-corrected chi connectivity index (χ2v) is 7.45. The number of hydrogen-bond acceptors (Lipinski definition) is 7. The number of benzene rings is 2. The smallest absolute Gasteiger partial charge is 0.349 e. The maximum absolute atomic E-state index is 13.0. The highest BCUT2D eigenvalue weighted by Gasteiger charge is 2.41. The van der Waals surface area contributed by atoms with Gasteiger partial charge in [0.1, 0.15) is 0 Å². The Bertz CT molecular complexity index is 1180. The predicted octanol–water partition coefficient (Wildman–Crippen LogP) is 3.17. The zero-order valence-corrected chi connectivity index (χ0v) is 18.4. The van der Waals surface area contributed by atoms with Crippen LogP contribution in [0.25, 0.3) is 0 Å². The van der Waals surface area contributed by atoms with Gasteiger partial charge < -0.3 is 19.9 Å². The molecule has 1 aromatic heterocycles. The number of aryl methyl sites for hydroxylation is 2. The molecule has 0 saturated carbocycles. The van der Waals surface area contributed by atoms with E-state index in [2.05, 4.69) is 10.3 Å². The van der Waals surface area contributed by atoms with E-state index in [0.717, 1.165) is 11.1 Å². The quantitative estimate of drug-likeness (QED) is 0.488. The molecule has 2 N–H and O–H groups in total. The number of anilines is 1. The number of carboxylic acid groups (broad SMARTS) is 1. The van der Waals surface area contributed by atoms with Crippen LogP contribution in [0.3, 0.4) is 0 Å². The van der Waals surface area contributed by atoms with Crippen molar-refractivity contribution >= 4 is 29.5 Å². The Morgan fingerprint density at radius 2 is 1.29 bits per heavy atom. The molecule has 1 heterocycles. The van der Waals surface area contributed by atoms with Crippen LogP contribution >= 0.6 is 0 Å². The maximum atomic E-state index is 13.0. The molecular formula is C25H22N2O7. The molecule has 1 amide bonds. The van der Waals surface area contributed by atoms with Gasteiger partial charge in [0.05, 0.1) is 23.0 Å². The molecule has 3 aromatic rings. The van der Waals surface area contributed by atoms with Gasteiger partial charge in [0, 0.05) is 6.20 Å². The zero-order chi connectivity index (χ0) is 24.7. The molecule has 0 bridgehead atoms. The van der Waals surface area contributed by atoms with Crippen molar-refractivity contribution < 1.29 is 33.8 Å². The van der Waals surface area contributed by atoms with Gasteiger partial charge in [0.15, 0.2) is 0 Å². The van der Waals surface area contributed by atoms with Crippen molar-refractivity contribution in [2.75, 3.05) is 5.32 Å². The first-order valence-electron chi connectivity index (χ1n) is 10.2. The lowest BCUT2D eigenvalue weighted by atomic mass is 10.1.